The normalized spacial score (nSPS) is 18.0. The van der Waals surface area contributed by atoms with E-state index in [1.807, 2.05) is 37.3 Å². The van der Waals surface area contributed by atoms with E-state index in [1.165, 1.54) is 6.20 Å². The van der Waals surface area contributed by atoms with Gasteiger partial charge in [0.2, 0.25) is 11.8 Å². The molecule has 0 saturated carbocycles. The van der Waals surface area contributed by atoms with Gasteiger partial charge in [-0.15, -0.1) is 0 Å². The van der Waals surface area contributed by atoms with Crippen LogP contribution in [0, 0.1) is 5.41 Å². The highest BCUT2D eigenvalue weighted by Gasteiger charge is 2.46. The number of carbonyl (C=O) groups is 2. The van der Waals surface area contributed by atoms with Crippen molar-refractivity contribution in [3.63, 3.8) is 0 Å². The molecule has 1 aliphatic heterocycles. The monoisotopic (exact) mass is 432 g/mol. The molecular formula is C25H28N4O3. The van der Waals surface area contributed by atoms with Gasteiger partial charge in [-0.05, 0) is 36.5 Å². The van der Waals surface area contributed by atoms with Crippen LogP contribution in [0.4, 0.5) is 0 Å². The molecule has 0 radical (unpaired) electrons. The van der Waals surface area contributed by atoms with E-state index in [0.717, 1.165) is 16.7 Å². The van der Waals surface area contributed by atoms with E-state index in [4.69, 9.17) is 0 Å². The molecule has 2 heterocycles. The molecule has 1 unspecified atom stereocenters. The molecule has 7 heteroatoms. The summed E-state index contributed by atoms with van der Waals surface area (Å²) in [5.41, 5.74) is 2.69. The first-order chi connectivity index (χ1) is 15.5. The number of rotatable bonds is 7. The minimum absolute atomic E-state index is 0.0188. The summed E-state index contributed by atoms with van der Waals surface area (Å²) in [5, 5.41) is 8.07. The largest absolute Gasteiger partial charge is 0.356 e. The van der Waals surface area contributed by atoms with Gasteiger partial charge in [0, 0.05) is 31.4 Å². The van der Waals surface area contributed by atoms with Crippen LogP contribution < -0.4 is 10.9 Å². The van der Waals surface area contributed by atoms with Crippen LogP contribution >= 0.6 is 0 Å². The molecule has 4 rings (SSSR count). The second-order valence-corrected chi connectivity index (χ2v) is 8.35. The molecule has 166 valence electrons. The Morgan fingerprint density at radius 3 is 2.53 bits per heavy atom. The average molecular weight is 433 g/mol. The van der Waals surface area contributed by atoms with Gasteiger partial charge in [0.05, 0.1) is 11.8 Å². The Hall–Kier alpha value is -3.61. The highest BCUT2D eigenvalue weighted by atomic mass is 16.2. The standard InChI is InChI=1S/C25H28N4O3/c1-2-26-24(32)25(12-13-29(17-25)22(30)14-20-16-27-28-23(20)31)15-19-10-6-7-11-21(19)18-8-4-3-5-9-18/h3-11,16H,2,12-15,17H2,1H3,(H,26,32)(H2,27,28,31). The first-order valence-corrected chi connectivity index (χ1v) is 11.0. The van der Waals surface area contributed by atoms with Crippen molar-refractivity contribution in [1.29, 1.82) is 0 Å². The third kappa shape index (κ3) is 4.37. The SMILES string of the molecule is CCNC(=O)C1(Cc2ccccc2-c2ccccc2)CCN(C(=O)Cc2c[nH][nH]c2=O)C1. The van der Waals surface area contributed by atoms with E-state index < -0.39 is 5.41 Å². The molecular weight excluding hydrogens is 404 g/mol. The Kier molecular flexibility index (Phi) is 6.25. The van der Waals surface area contributed by atoms with Crippen molar-refractivity contribution in [2.24, 2.45) is 5.41 Å². The maximum atomic E-state index is 13.2. The second-order valence-electron chi connectivity index (χ2n) is 8.35. The highest BCUT2D eigenvalue weighted by Crippen LogP contribution is 2.37. The van der Waals surface area contributed by atoms with Gasteiger partial charge in [-0.3, -0.25) is 19.5 Å². The lowest BCUT2D eigenvalue weighted by molar-refractivity contribution is -0.132. The topological polar surface area (TPSA) is 98.1 Å². The number of hydrogen-bond donors (Lipinski definition) is 3. The maximum absolute atomic E-state index is 13.2. The first-order valence-electron chi connectivity index (χ1n) is 11.0. The molecule has 0 spiro atoms. The number of nitrogens with one attached hydrogen (secondary N) is 3. The molecule has 0 aliphatic carbocycles. The zero-order valence-electron chi connectivity index (χ0n) is 18.2. The summed E-state index contributed by atoms with van der Waals surface area (Å²) < 4.78 is 0. The van der Waals surface area contributed by atoms with Gasteiger partial charge >= 0.3 is 0 Å². The Morgan fingerprint density at radius 2 is 1.81 bits per heavy atom. The van der Waals surface area contributed by atoms with Gasteiger partial charge in [0.1, 0.15) is 0 Å². The summed E-state index contributed by atoms with van der Waals surface area (Å²) in [4.78, 5) is 39.6. The number of aromatic amines is 2. The predicted octanol–water partition coefficient (Wildman–Crippen LogP) is 2.51. The zero-order chi connectivity index (χ0) is 22.6. The number of carbonyl (C=O) groups excluding carboxylic acids is 2. The van der Waals surface area contributed by atoms with Gasteiger partial charge in [0.15, 0.2) is 0 Å². The Labute approximate surface area is 186 Å². The van der Waals surface area contributed by atoms with Crippen molar-refractivity contribution in [2.45, 2.75) is 26.2 Å². The molecule has 2 aromatic carbocycles. The molecule has 1 aromatic heterocycles. The Balaban J connectivity index is 1.60. The van der Waals surface area contributed by atoms with Gasteiger partial charge in [0.25, 0.3) is 5.56 Å². The number of aromatic nitrogens is 2. The Morgan fingerprint density at radius 1 is 1.06 bits per heavy atom. The summed E-state index contributed by atoms with van der Waals surface area (Å²) in [6.45, 7) is 3.27. The first kappa shape index (κ1) is 21.6. The quantitative estimate of drug-likeness (QED) is 0.535. The summed E-state index contributed by atoms with van der Waals surface area (Å²) in [6.07, 6.45) is 2.66. The van der Waals surface area contributed by atoms with Crippen LogP contribution in [-0.2, 0) is 22.4 Å². The van der Waals surface area contributed by atoms with E-state index >= 15 is 0 Å². The molecule has 3 aromatic rings. The molecule has 2 amide bonds. The van der Waals surface area contributed by atoms with E-state index in [9.17, 15) is 14.4 Å². The molecule has 1 atom stereocenters. The van der Waals surface area contributed by atoms with Crippen molar-refractivity contribution in [3.05, 3.63) is 82.3 Å². The minimum Gasteiger partial charge on any atom is -0.356 e. The molecule has 3 N–H and O–H groups in total. The van der Waals surface area contributed by atoms with Crippen molar-refractivity contribution >= 4 is 11.8 Å². The number of hydrogen-bond acceptors (Lipinski definition) is 3. The van der Waals surface area contributed by atoms with E-state index in [0.29, 0.717) is 38.0 Å². The summed E-state index contributed by atoms with van der Waals surface area (Å²) in [6, 6.07) is 18.3. The van der Waals surface area contributed by atoms with Crippen molar-refractivity contribution in [1.82, 2.24) is 20.4 Å². The molecule has 32 heavy (non-hydrogen) atoms. The number of nitrogens with zero attached hydrogens (tertiary/aromatic N) is 1. The van der Waals surface area contributed by atoms with E-state index in [-0.39, 0.29) is 23.8 Å². The average Bonchev–Trinajstić information content (AvgIpc) is 3.42. The molecule has 7 nitrogen and oxygen atoms in total. The summed E-state index contributed by atoms with van der Waals surface area (Å²) >= 11 is 0. The van der Waals surface area contributed by atoms with Crippen LogP contribution in [0.5, 0.6) is 0 Å². The van der Waals surface area contributed by atoms with Crippen LogP contribution in [0.25, 0.3) is 11.1 Å². The van der Waals surface area contributed by atoms with Crippen LogP contribution in [0.1, 0.15) is 24.5 Å². The predicted molar refractivity (Wildman–Crippen MR) is 123 cm³/mol. The molecule has 1 fully saturated rings. The van der Waals surface area contributed by atoms with Crippen LogP contribution in [0.3, 0.4) is 0 Å². The fourth-order valence-electron chi connectivity index (χ4n) is 4.52. The third-order valence-electron chi connectivity index (χ3n) is 6.22. The number of likely N-dealkylation sites (tertiary alicyclic amines) is 1. The molecule has 0 bridgehead atoms. The smallest absolute Gasteiger partial charge is 0.267 e. The number of H-pyrrole nitrogens is 2. The van der Waals surface area contributed by atoms with E-state index in [2.05, 4.69) is 39.8 Å². The second kappa shape index (κ2) is 9.26. The molecule has 1 saturated heterocycles. The van der Waals surface area contributed by atoms with Gasteiger partial charge < -0.3 is 15.3 Å². The van der Waals surface area contributed by atoms with Crippen molar-refractivity contribution in [3.8, 4) is 11.1 Å². The van der Waals surface area contributed by atoms with E-state index in [1.54, 1.807) is 4.90 Å². The summed E-state index contributed by atoms with van der Waals surface area (Å²) in [7, 11) is 0. The number of amides is 2. The maximum Gasteiger partial charge on any atom is 0.267 e. The van der Waals surface area contributed by atoms with Gasteiger partial charge in [-0.1, -0.05) is 54.6 Å². The lowest BCUT2D eigenvalue weighted by Gasteiger charge is -2.29. The minimum atomic E-state index is -0.707. The van der Waals surface area contributed by atoms with Crippen LogP contribution in [-0.4, -0.2) is 46.5 Å². The lowest BCUT2D eigenvalue weighted by atomic mass is 9.78. The van der Waals surface area contributed by atoms with Crippen LogP contribution in [0.2, 0.25) is 0 Å². The van der Waals surface area contributed by atoms with Crippen LogP contribution in [0.15, 0.2) is 65.6 Å². The van der Waals surface area contributed by atoms with Gasteiger partial charge in [-0.25, -0.2) is 0 Å². The third-order valence-corrected chi connectivity index (χ3v) is 6.22. The van der Waals surface area contributed by atoms with Crippen molar-refractivity contribution < 1.29 is 9.59 Å². The summed E-state index contributed by atoms with van der Waals surface area (Å²) in [5.74, 6) is -0.171. The number of benzene rings is 2. The zero-order valence-corrected chi connectivity index (χ0v) is 18.2. The fraction of sp³-hybridized carbons (Fsp3) is 0.320. The fourth-order valence-corrected chi connectivity index (χ4v) is 4.52. The Bertz CT molecular complexity index is 1150. The van der Waals surface area contributed by atoms with Crippen molar-refractivity contribution in [2.75, 3.05) is 19.6 Å². The lowest BCUT2D eigenvalue weighted by Crippen LogP contribution is -2.45. The highest BCUT2D eigenvalue weighted by molar-refractivity contribution is 5.86. The van der Waals surface area contributed by atoms with Gasteiger partial charge in [-0.2, -0.15) is 0 Å². The molecule has 1 aliphatic rings.